The van der Waals surface area contributed by atoms with Gasteiger partial charge in [0, 0.05) is 32.9 Å². The zero-order valence-corrected chi connectivity index (χ0v) is 11.7. The molecule has 0 saturated carbocycles. The van der Waals surface area contributed by atoms with Gasteiger partial charge in [-0.3, -0.25) is 5.32 Å². The van der Waals surface area contributed by atoms with E-state index in [-0.39, 0.29) is 6.03 Å². The lowest BCUT2D eigenvalue weighted by Gasteiger charge is -2.12. The Labute approximate surface area is 117 Å². The highest BCUT2D eigenvalue weighted by Crippen LogP contribution is 2.10. The number of amides is 2. The smallest absolute Gasteiger partial charge is 0.320 e. The van der Waals surface area contributed by atoms with Gasteiger partial charge in [-0.15, -0.1) is 0 Å². The lowest BCUT2D eigenvalue weighted by atomic mass is 10.2. The van der Waals surface area contributed by atoms with E-state index >= 15 is 0 Å². The molecule has 2 aromatic rings. The van der Waals surface area contributed by atoms with E-state index in [9.17, 15) is 4.79 Å². The largest absolute Gasteiger partial charge is 0.363 e. The summed E-state index contributed by atoms with van der Waals surface area (Å²) in [6.45, 7) is 2.17. The Hall–Kier alpha value is -2.57. The molecule has 0 unspecified atom stereocenters. The van der Waals surface area contributed by atoms with E-state index in [1.54, 1.807) is 19.2 Å². The van der Waals surface area contributed by atoms with E-state index in [0.717, 1.165) is 11.4 Å². The summed E-state index contributed by atoms with van der Waals surface area (Å²) < 4.78 is 4.86. The van der Waals surface area contributed by atoms with E-state index in [0.29, 0.717) is 18.1 Å². The maximum absolute atomic E-state index is 11.7. The van der Waals surface area contributed by atoms with Crippen LogP contribution in [0.3, 0.4) is 0 Å². The van der Waals surface area contributed by atoms with Crippen molar-refractivity contribution >= 4 is 17.7 Å². The van der Waals surface area contributed by atoms with Crippen LogP contribution in [-0.2, 0) is 6.54 Å². The Morgan fingerprint density at radius 3 is 2.85 bits per heavy atom. The van der Waals surface area contributed by atoms with Crippen molar-refractivity contribution in [3.8, 4) is 0 Å². The molecule has 0 bridgehead atoms. The molecule has 0 fully saturated rings. The first kappa shape index (κ1) is 13.9. The Morgan fingerprint density at radius 2 is 2.20 bits per heavy atom. The van der Waals surface area contributed by atoms with Crippen LogP contribution >= 0.6 is 0 Å². The van der Waals surface area contributed by atoms with Gasteiger partial charge in [-0.1, -0.05) is 5.16 Å². The summed E-state index contributed by atoms with van der Waals surface area (Å²) in [4.78, 5) is 17.8. The van der Waals surface area contributed by atoms with Crippen LogP contribution in [-0.4, -0.2) is 30.3 Å². The van der Waals surface area contributed by atoms with Gasteiger partial charge in [0.05, 0.1) is 0 Å². The summed E-state index contributed by atoms with van der Waals surface area (Å²) in [5.74, 6) is 1.88. The van der Waals surface area contributed by atoms with Gasteiger partial charge < -0.3 is 14.7 Å². The SMILES string of the molecule is Cc1cc(NC(=O)NCc2ccnc(N(C)C)c2)no1. The fourth-order valence-electron chi connectivity index (χ4n) is 1.58. The molecule has 2 rings (SSSR count). The molecular weight excluding hydrogens is 258 g/mol. The second-order valence-corrected chi connectivity index (χ2v) is 4.55. The number of urea groups is 1. The molecule has 106 valence electrons. The molecule has 0 aliphatic rings. The number of anilines is 2. The predicted octanol–water partition coefficient (Wildman–Crippen LogP) is 1.77. The highest BCUT2D eigenvalue weighted by Gasteiger charge is 2.06. The number of nitrogens with one attached hydrogen (secondary N) is 2. The number of pyridine rings is 1. The Kier molecular flexibility index (Phi) is 4.19. The van der Waals surface area contributed by atoms with Gasteiger partial charge in [0.1, 0.15) is 11.6 Å². The summed E-state index contributed by atoms with van der Waals surface area (Å²) in [7, 11) is 3.83. The third-order valence-corrected chi connectivity index (χ3v) is 2.59. The van der Waals surface area contributed by atoms with Crippen molar-refractivity contribution in [3.05, 3.63) is 35.7 Å². The monoisotopic (exact) mass is 275 g/mol. The van der Waals surface area contributed by atoms with Crippen LogP contribution in [0.4, 0.5) is 16.4 Å². The van der Waals surface area contributed by atoms with Crippen LogP contribution in [0.15, 0.2) is 28.9 Å². The topological polar surface area (TPSA) is 83.3 Å². The van der Waals surface area contributed by atoms with Crippen molar-refractivity contribution in [1.29, 1.82) is 0 Å². The van der Waals surface area contributed by atoms with Crippen LogP contribution < -0.4 is 15.5 Å². The minimum absolute atomic E-state index is 0.332. The summed E-state index contributed by atoms with van der Waals surface area (Å²) in [6, 6.07) is 5.09. The average Bonchev–Trinajstić information content (AvgIpc) is 2.82. The van der Waals surface area contributed by atoms with Crippen molar-refractivity contribution < 1.29 is 9.32 Å². The molecular formula is C13H17N5O2. The molecule has 0 aliphatic heterocycles. The fraction of sp³-hybridized carbons (Fsp3) is 0.308. The maximum atomic E-state index is 11.7. The molecule has 2 N–H and O–H groups in total. The quantitative estimate of drug-likeness (QED) is 0.888. The van der Waals surface area contributed by atoms with Crippen LogP contribution in [0.1, 0.15) is 11.3 Å². The molecule has 0 radical (unpaired) electrons. The number of carbonyl (C=O) groups is 1. The molecule has 0 spiro atoms. The Bertz CT molecular complexity index is 594. The number of carbonyl (C=O) groups excluding carboxylic acids is 1. The number of hydrogen-bond donors (Lipinski definition) is 2. The Morgan fingerprint density at radius 1 is 1.40 bits per heavy atom. The first-order valence-corrected chi connectivity index (χ1v) is 6.15. The number of rotatable bonds is 4. The summed E-state index contributed by atoms with van der Waals surface area (Å²) in [5, 5.41) is 9.02. The highest BCUT2D eigenvalue weighted by molar-refractivity contribution is 5.88. The molecule has 0 aliphatic carbocycles. The maximum Gasteiger partial charge on any atom is 0.320 e. The molecule has 7 nitrogen and oxygen atoms in total. The third-order valence-electron chi connectivity index (χ3n) is 2.59. The minimum atomic E-state index is -0.332. The Balaban J connectivity index is 1.88. The molecule has 7 heteroatoms. The average molecular weight is 275 g/mol. The lowest BCUT2D eigenvalue weighted by Crippen LogP contribution is -2.28. The first-order chi connectivity index (χ1) is 9.54. The lowest BCUT2D eigenvalue weighted by molar-refractivity contribution is 0.251. The first-order valence-electron chi connectivity index (χ1n) is 6.15. The zero-order valence-electron chi connectivity index (χ0n) is 11.7. The van der Waals surface area contributed by atoms with Crippen LogP contribution in [0.2, 0.25) is 0 Å². The number of hydrogen-bond acceptors (Lipinski definition) is 5. The second kappa shape index (κ2) is 6.05. The van der Waals surface area contributed by atoms with E-state index < -0.39 is 0 Å². The molecule has 2 heterocycles. The van der Waals surface area contributed by atoms with Gasteiger partial charge in [0.15, 0.2) is 5.82 Å². The molecule has 20 heavy (non-hydrogen) atoms. The van der Waals surface area contributed by atoms with Crippen LogP contribution in [0.25, 0.3) is 0 Å². The van der Waals surface area contributed by atoms with E-state index in [1.165, 1.54) is 0 Å². The normalized spacial score (nSPS) is 10.2. The zero-order chi connectivity index (χ0) is 14.5. The number of aromatic nitrogens is 2. The summed E-state index contributed by atoms with van der Waals surface area (Å²) in [6.07, 6.45) is 1.71. The fourth-order valence-corrected chi connectivity index (χ4v) is 1.58. The second-order valence-electron chi connectivity index (χ2n) is 4.55. The predicted molar refractivity (Wildman–Crippen MR) is 75.7 cm³/mol. The number of nitrogens with zero attached hydrogens (tertiary/aromatic N) is 3. The van der Waals surface area contributed by atoms with Crippen LogP contribution in [0.5, 0.6) is 0 Å². The molecule has 2 aromatic heterocycles. The van der Waals surface area contributed by atoms with Gasteiger partial charge in [-0.25, -0.2) is 9.78 Å². The van der Waals surface area contributed by atoms with Gasteiger partial charge in [0.2, 0.25) is 0 Å². The van der Waals surface area contributed by atoms with Gasteiger partial charge in [-0.2, -0.15) is 0 Å². The molecule has 2 amide bonds. The van der Waals surface area contributed by atoms with Crippen LogP contribution in [0, 0.1) is 6.92 Å². The molecule has 0 saturated heterocycles. The minimum Gasteiger partial charge on any atom is -0.363 e. The van der Waals surface area contributed by atoms with Gasteiger partial charge in [-0.05, 0) is 24.6 Å². The highest BCUT2D eigenvalue weighted by atomic mass is 16.5. The van der Waals surface area contributed by atoms with Gasteiger partial charge in [0.25, 0.3) is 0 Å². The van der Waals surface area contributed by atoms with Crippen molar-refractivity contribution in [1.82, 2.24) is 15.5 Å². The molecule has 0 atom stereocenters. The van der Waals surface area contributed by atoms with E-state index in [4.69, 9.17) is 4.52 Å². The number of aryl methyl sites for hydroxylation is 1. The third kappa shape index (κ3) is 3.71. The van der Waals surface area contributed by atoms with Gasteiger partial charge >= 0.3 is 6.03 Å². The van der Waals surface area contributed by atoms with E-state index in [1.807, 2.05) is 31.1 Å². The van der Waals surface area contributed by atoms with Crippen molar-refractivity contribution in [2.45, 2.75) is 13.5 Å². The van der Waals surface area contributed by atoms with Crippen molar-refractivity contribution in [2.24, 2.45) is 0 Å². The molecule has 0 aromatic carbocycles. The van der Waals surface area contributed by atoms with Crippen molar-refractivity contribution in [2.75, 3.05) is 24.3 Å². The van der Waals surface area contributed by atoms with E-state index in [2.05, 4.69) is 20.8 Å². The van der Waals surface area contributed by atoms with Crippen molar-refractivity contribution in [3.63, 3.8) is 0 Å². The standard InChI is InChI=1S/C13H17N5O2/c1-9-6-11(17-20-9)16-13(19)15-8-10-4-5-14-12(7-10)18(2)3/h4-7H,8H2,1-3H3,(H2,15,16,17,19). The summed E-state index contributed by atoms with van der Waals surface area (Å²) >= 11 is 0. The summed E-state index contributed by atoms with van der Waals surface area (Å²) in [5.41, 5.74) is 0.968.